The van der Waals surface area contributed by atoms with E-state index >= 15 is 0 Å². The van der Waals surface area contributed by atoms with Crippen LogP contribution >= 0.6 is 0 Å². The molecular weight excluding hydrogens is 272 g/mol. The molecule has 0 saturated heterocycles. The first-order valence-corrected chi connectivity index (χ1v) is 7.82. The van der Waals surface area contributed by atoms with E-state index in [4.69, 9.17) is 4.42 Å². The fraction of sp³-hybridized carbons (Fsp3) is 0.250. The maximum Gasteiger partial charge on any atom is 0.162 e. The Labute approximate surface area is 131 Å². The number of ketones is 1. The lowest BCUT2D eigenvalue weighted by Crippen LogP contribution is -1.96. The molecule has 0 saturated carbocycles. The van der Waals surface area contributed by atoms with Gasteiger partial charge in [0.15, 0.2) is 5.78 Å². The molecule has 22 heavy (non-hydrogen) atoms. The van der Waals surface area contributed by atoms with E-state index in [1.165, 1.54) is 0 Å². The molecule has 1 heterocycles. The van der Waals surface area contributed by atoms with Crippen LogP contribution in [0.2, 0.25) is 0 Å². The van der Waals surface area contributed by atoms with Gasteiger partial charge in [-0.1, -0.05) is 51.1 Å². The number of furan rings is 1. The molecular formula is C20H22O2. The predicted molar refractivity (Wildman–Crippen MR) is 92.4 cm³/mol. The van der Waals surface area contributed by atoms with Gasteiger partial charge in [0.25, 0.3) is 0 Å². The van der Waals surface area contributed by atoms with Gasteiger partial charge in [0, 0.05) is 22.9 Å². The smallest absolute Gasteiger partial charge is 0.162 e. The Balaban J connectivity index is 0.000000847. The number of rotatable bonds is 3. The van der Waals surface area contributed by atoms with Gasteiger partial charge in [-0.05, 0) is 30.7 Å². The normalized spacial score (nSPS) is 10.2. The first-order chi connectivity index (χ1) is 10.7. The van der Waals surface area contributed by atoms with E-state index in [0.717, 1.165) is 33.4 Å². The van der Waals surface area contributed by atoms with Crippen LogP contribution in [-0.4, -0.2) is 5.78 Å². The van der Waals surface area contributed by atoms with Gasteiger partial charge in [-0.2, -0.15) is 0 Å². The molecule has 0 unspecified atom stereocenters. The second kappa shape index (κ2) is 7.08. The number of benzene rings is 2. The number of hydrogen-bond acceptors (Lipinski definition) is 2. The predicted octanol–water partition coefficient (Wildman–Crippen LogP) is 6.03. The minimum absolute atomic E-state index is 0.164. The van der Waals surface area contributed by atoms with Gasteiger partial charge < -0.3 is 4.42 Å². The van der Waals surface area contributed by atoms with E-state index < -0.39 is 0 Å². The Kier molecular flexibility index (Phi) is 5.16. The van der Waals surface area contributed by atoms with Crippen molar-refractivity contribution < 1.29 is 9.21 Å². The summed E-state index contributed by atoms with van der Waals surface area (Å²) in [5, 5.41) is 0.987. The first-order valence-electron chi connectivity index (χ1n) is 7.82. The van der Waals surface area contributed by atoms with Crippen LogP contribution in [0.4, 0.5) is 0 Å². The van der Waals surface area contributed by atoms with E-state index in [0.29, 0.717) is 6.42 Å². The zero-order valence-corrected chi connectivity index (χ0v) is 13.6. The van der Waals surface area contributed by atoms with Crippen LogP contribution in [0.15, 0.2) is 52.9 Å². The number of fused-ring (bicyclic) bond motifs is 1. The second-order valence-electron chi connectivity index (χ2n) is 4.96. The molecule has 0 atom stereocenters. The summed E-state index contributed by atoms with van der Waals surface area (Å²) in [6, 6.07) is 15.8. The van der Waals surface area contributed by atoms with Gasteiger partial charge in [-0.3, -0.25) is 4.79 Å². The Morgan fingerprint density at radius 2 is 1.73 bits per heavy atom. The molecule has 3 aromatic rings. The molecule has 2 nitrogen and oxygen atoms in total. The van der Waals surface area contributed by atoms with Gasteiger partial charge in [-0.25, -0.2) is 0 Å². The van der Waals surface area contributed by atoms with Gasteiger partial charge >= 0.3 is 0 Å². The molecule has 2 heteroatoms. The fourth-order valence-electron chi connectivity index (χ4n) is 2.44. The molecule has 0 fully saturated rings. The van der Waals surface area contributed by atoms with Crippen molar-refractivity contribution in [3.8, 4) is 11.3 Å². The fourth-order valence-corrected chi connectivity index (χ4v) is 2.44. The molecule has 0 amide bonds. The Bertz CT molecular complexity index is 767. The Morgan fingerprint density at radius 1 is 1.05 bits per heavy atom. The van der Waals surface area contributed by atoms with Gasteiger partial charge in [0.05, 0.1) is 0 Å². The van der Waals surface area contributed by atoms with Crippen LogP contribution in [0.3, 0.4) is 0 Å². The third-order valence-corrected chi connectivity index (χ3v) is 3.50. The van der Waals surface area contributed by atoms with Crippen molar-refractivity contribution in [3.63, 3.8) is 0 Å². The highest BCUT2D eigenvalue weighted by Gasteiger charge is 2.12. The summed E-state index contributed by atoms with van der Waals surface area (Å²) in [6.07, 6.45) is 0.522. The van der Waals surface area contributed by atoms with Crippen molar-refractivity contribution in [1.29, 1.82) is 0 Å². The lowest BCUT2D eigenvalue weighted by Gasteiger charge is -2.00. The minimum Gasteiger partial charge on any atom is -0.456 e. The molecule has 0 aliphatic heterocycles. The molecule has 0 aliphatic rings. The standard InChI is InChI=1S/C18H16O2.C2H6/c1-3-16(19)14-9-12(2)18-15(10-14)11-17(20-18)13-7-5-4-6-8-13;1-2/h4-11H,3H2,1-2H3;1-2H3. The van der Waals surface area contributed by atoms with Crippen molar-refractivity contribution in [2.24, 2.45) is 0 Å². The van der Waals surface area contributed by atoms with Crippen molar-refractivity contribution in [2.75, 3.05) is 0 Å². The zero-order valence-electron chi connectivity index (χ0n) is 13.6. The monoisotopic (exact) mass is 294 g/mol. The summed E-state index contributed by atoms with van der Waals surface area (Å²) in [7, 11) is 0. The number of aryl methyl sites for hydroxylation is 1. The third kappa shape index (κ3) is 3.11. The molecule has 2 aromatic carbocycles. The van der Waals surface area contributed by atoms with E-state index in [1.807, 2.05) is 76.2 Å². The van der Waals surface area contributed by atoms with Crippen molar-refractivity contribution >= 4 is 16.8 Å². The zero-order chi connectivity index (χ0) is 16.1. The third-order valence-electron chi connectivity index (χ3n) is 3.50. The first kappa shape index (κ1) is 16.0. The van der Waals surface area contributed by atoms with E-state index in [-0.39, 0.29) is 5.78 Å². The summed E-state index contributed by atoms with van der Waals surface area (Å²) < 4.78 is 5.94. The molecule has 114 valence electrons. The van der Waals surface area contributed by atoms with Crippen LogP contribution in [0.5, 0.6) is 0 Å². The number of hydrogen-bond donors (Lipinski definition) is 0. The quantitative estimate of drug-likeness (QED) is 0.552. The molecule has 0 spiro atoms. The van der Waals surface area contributed by atoms with E-state index in [9.17, 15) is 4.79 Å². The van der Waals surface area contributed by atoms with Gasteiger partial charge in [-0.15, -0.1) is 0 Å². The number of carbonyl (C=O) groups excluding carboxylic acids is 1. The molecule has 0 bridgehead atoms. The van der Waals surface area contributed by atoms with Gasteiger partial charge in [0.1, 0.15) is 11.3 Å². The molecule has 1 aromatic heterocycles. The van der Waals surface area contributed by atoms with Crippen LogP contribution in [0.1, 0.15) is 43.1 Å². The summed E-state index contributed by atoms with van der Waals surface area (Å²) >= 11 is 0. The largest absolute Gasteiger partial charge is 0.456 e. The molecule has 0 N–H and O–H groups in total. The highest BCUT2D eigenvalue weighted by Crippen LogP contribution is 2.30. The van der Waals surface area contributed by atoms with Crippen molar-refractivity contribution in [3.05, 3.63) is 59.7 Å². The number of Topliss-reactive ketones (excluding diaryl/α,β-unsaturated/α-hetero) is 1. The average Bonchev–Trinajstić information content (AvgIpc) is 3.01. The van der Waals surface area contributed by atoms with E-state index in [2.05, 4.69) is 0 Å². The van der Waals surface area contributed by atoms with Gasteiger partial charge in [0.2, 0.25) is 0 Å². The summed E-state index contributed by atoms with van der Waals surface area (Å²) in [5.41, 5.74) is 3.67. The SMILES string of the molecule is CC.CCC(=O)c1cc(C)c2oc(-c3ccccc3)cc2c1. The maximum absolute atomic E-state index is 11.9. The molecule has 0 radical (unpaired) electrons. The topological polar surface area (TPSA) is 30.2 Å². The highest BCUT2D eigenvalue weighted by molar-refractivity contribution is 6.00. The molecule has 0 aliphatic carbocycles. The van der Waals surface area contributed by atoms with Crippen LogP contribution < -0.4 is 0 Å². The van der Waals surface area contributed by atoms with Crippen molar-refractivity contribution in [2.45, 2.75) is 34.1 Å². The summed E-state index contributed by atoms with van der Waals surface area (Å²) in [5.74, 6) is 1.00. The van der Waals surface area contributed by atoms with Crippen LogP contribution in [0.25, 0.3) is 22.3 Å². The Hall–Kier alpha value is -2.35. The van der Waals surface area contributed by atoms with Crippen LogP contribution in [-0.2, 0) is 0 Å². The second-order valence-corrected chi connectivity index (χ2v) is 4.96. The highest BCUT2D eigenvalue weighted by atomic mass is 16.3. The van der Waals surface area contributed by atoms with E-state index in [1.54, 1.807) is 0 Å². The lowest BCUT2D eigenvalue weighted by atomic mass is 10.0. The van der Waals surface area contributed by atoms with Crippen molar-refractivity contribution in [1.82, 2.24) is 0 Å². The lowest BCUT2D eigenvalue weighted by molar-refractivity contribution is 0.0988. The summed E-state index contributed by atoms with van der Waals surface area (Å²) in [4.78, 5) is 11.9. The molecule has 3 rings (SSSR count). The summed E-state index contributed by atoms with van der Waals surface area (Å²) in [6.45, 7) is 7.86. The minimum atomic E-state index is 0.164. The Morgan fingerprint density at radius 3 is 2.36 bits per heavy atom. The number of carbonyl (C=O) groups is 1. The van der Waals surface area contributed by atoms with Crippen LogP contribution in [0, 0.1) is 6.92 Å². The average molecular weight is 294 g/mol. The maximum atomic E-state index is 11.9.